The molecule has 0 heterocycles. The summed E-state index contributed by atoms with van der Waals surface area (Å²) in [5.41, 5.74) is 4.16. The van der Waals surface area contributed by atoms with Crippen LogP contribution in [0, 0.1) is 0 Å². The second kappa shape index (κ2) is 6.82. The summed E-state index contributed by atoms with van der Waals surface area (Å²) in [5.74, 6) is -1.23. The number of halogens is 1. The molecule has 0 spiro atoms. The Hall–Kier alpha value is -2.73. The van der Waals surface area contributed by atoms with Gasteiger partial charge < -0.3 is 14.9 Å². The molecule has 0 aliphatic carbocycles. The van der Waals surface area contributed by atoms with Gasteiger partial charge in [-0.2, -0.15) is 5.10 Å². The summed E-state index contributed by atoms with van der Waals surface area (Å²) in [6.45, 7) is 0. The van der Waals surface area contributed by atoms with Gasteiger partial charge in [0.1, 0.15) is 5.75 Å². The number of methoxy groups -OCH3 is 1. The lowest BCUT2D eigenvalue weighted by Crippen LogP contribution is -1.98. The normalized spacial score (nSPS) is 10.6. The van der Waals surface area contributed by atoms with Gasteiger partial charge in [0.05, 0.1) is 24.6 Å². The largest absolute Gasteiger partial charge is 0.869 e. The van der Waals surface area contributed by atoms with Crippen LogP contribution in [0.1, 0.15) is 15.9 Å². The van der Waals surface area contributed by atoms with E-state index in [1.54, 1.807) is 12.1 Å². The number of carbonyl (C=O) groups is 1. The highest BCUT2D eigenvalue weighted by atomic mass is 35.5. The van der Waals surface area contributed by atoms with Crippen LogP contribution in [-0.4, -0.2) is 24.4 Å². The van der Waals surface area contributed by atoms with Crippen molar-refractivity contribution in [2.45, 2.75) is 0 Å². The Morgan fingerprint density at radius 2 is 2.05 bits per heavy atom. The summed E-state index contributed by atoms with van der Waals surface area (Å²) in [5, 5.41) is 24.4. The minimum atomic E-state index is -0.991. The predicted molar refractivity (Wildman–Crippen MR) is 82.1 cm³/mol. The molecule has 0 fully saturated rings. The molecule has 2 aromatic rings. The Morgan fingerprint density at radius 3 is 2.64 bits per heavy atom. The molecule has 0 saturated heterocycles. The maximum absolute atomic E-state index is 11.6. The highest BCUT2D eigenvalue weighted by Gasteiger charge is 2.02. The molecule has 0 saturated carbocycles. The van der Waals surface area contributed by atoms with Crippen molar-refractivity contribution in [3.8, 4) is 11.5 Å². The zero-order valence-corrected chi connectivity index (χ0v) is 12.3. The fourth-order valence-electron chi connectivity index (χ4n) is 1.68. The Bertz CT molecular complexity index is 714. The first-order chi connectivity index (χ1) is 10.5. The van der Waals surface area contributed by atoms with E-state index in [2.05, 4.69) is 10.5 Å². The van der Waals surface area contributed by atoms with E-state index in [1.165, 1.54) is 37.6 Å². The fourth-order valence-corrected chi connectivity index (χ4v) is 1.90. The molecular formula is C15H12ClN2O4-. The minimum Gasteiger partial charge on any atom is -0.869 e. The van der Waals surface area contributed by atoms with Crippen LogP contribution in [-0.2, 0) is 0 Å². The number of nitrogens with zero attached hydrogens (tertiary/aromatic N) is 1. The third-order valence-corrected chi connectivity index (χ3v) is 3.07. The molecule has 2 rings (SSSR count). The molecule has 22 heavy (non-hydrogen) atoms. The van der Waals surface area contributed by atoms with Gasteiger partial charge in [0.2, 0.25) is 0 Å². The van der Waals surface area contributed by atoms with Gasteiger partial charge >= 0.3 is 5.97 Å². The van der Waals surface area contributed by atoms with Gasteiger partial charge in [-0.1, -0.05) is 11.6 Å². The Balaban J connectivity index is 2.09. The summed E-state index contributed by atoms with van der Waals surface area (Å²) < 4.78 is 4.93. The molecule has 0 amide bonds. The molecule has 0 radical (unpaired) electrons. The summed E-state index contributed by atoms with van der Waals surface area (Å²) >= 11 is 5.81. The summed E-state index contributed by atoms with van der Waals surface area (Å²) in [4.78, 5) is 10.7. The first-order valence-corrected chi connectivity index (χ1v) is 6.56. The van der Waals surface area contributed by atoms with E-state index in [-0.39, 0.29) is 22.1 Å². The average molecular weight is 320 g/mol. The molecule has 0 atom stereocenters. The van der Waals surface area contributed by atoms with Crippen LogP contribution in [0.15, 0.2) is 41.5 Å². The Kier molecular flexibility index (Phi) is 4.85. The number of hydrazone groups is 1. The van der Waals surface area contributed by atoms with E-state index in [0.717, 1.165) is 0 Å². The maximum atomic E-state index is 11.6. The number of benzene rings is 2. The molecule has 2 aromatic carbocycles. The first kappa shape index (κ1) is 15.7. The second-order valence-corrected chi connectivity index (χ2v) is 4.69. The number of carboxylic acid groups (broad SMARTS) is 1. The molecule has 0 aromatic heterocycles. The Morgan fingerprint density at radius 1 is 1.36 bits per heavy atom. The van der Waals surface area contributed by atoms with Crippen LogP contribution in [0.2, 0.25) is 5.02 Å². The van der Waals surface area contributed by atoms with Gasteiger partial charge in [-0.15, -0.1) is 0 Å². The van der Waals surface area contributed by atoms with Crippen LogP contribution in [0.25, 0.3) is 0 Å². The highest BCUT2D eigenvalue weighted by Crippen LogP contribution is 2.31. The smallest absolute Gasteiger partial charge is 0.335 e. The zero-order valence-electron chi connectivity index (χ0n) is 11.5. The molecule has 2 N–H and O–H groups in total. The van der Waals surface area contributed by atoms with Crippen molar-refractivity contribution in [3.05, 3.63) is 52.5 Å². The van der Waals surface area contributed by atoms with Crippen molar-refractivity contribution >= 4 is 29.5 Å². The van der Waals surface area contributed by atoms with Crippen LogP contribution >= 0.6 is 11.6 Å². The SMILES string of the molecule is COc1cc(/C=N/Nc2ccc(C(=O)O)cc2)cc(Cl)c1[O-]. The van der Waals surface area contributed by atoms with E-state index in [1.807, 2.05) is 0 Å². The molecule has 114 valence electrons. The predicted octanol–water partition coefficient (Wildman–Crippen LogP) is 2.57. The van der Waals surface area contributed by atoms with Crippen molar-refractivity contribution in [1.82, 2.24) is 0 Å². The van der Waals surface area contributed by atoms with Gasteiger partial charge in [0, 0.05) is 5.02 Å². The first-order valence-electron chi connectivity index (χ1n) is 6.18. The lowest BCUT2D eigenvalue weighted by atomic mass is 10.2. The van der Waals surface area contributed by atoms with Crippen molar-refractivity contribution < 1.29 is 19.7 Å². The van der Waals surface area contributed by atoms with Crippen molar-refractivity contribution in [3.63, 3.8) is 0 Å². The fraction of sp³-hybridized carbons (Fsp3) is 0.0667. The summed E-state index contributed by atoms with van der Waals surface area (Å²) in [7, 11) is 1.39. The van der Waals surface area contributed by atoms with Crippen LogP contribution in [0.5, 0.6) is 11.5 Å². The number of rotatable bonds is 5. The number of hydrogen-bond donors (Lipinski definition) is 2. The van der Waals surface area contributed by atoms with Crippen LogP contribution in [0.3, 0.4) is 0 Å². The quantitative estimate of drug-likeness (QED) is 0.652. The molecule has 0 aliphatic heterocycles. The van der Waals surface area contributed by atoms with E-state index >= 15 is 0 Å². The molecule has 0 bridgehead atoms. The van der Waals surface area contributed by atoms with Gasteiger partial charge in [-0.3, -0.25) is 5.43 Å². The van der Waals surface area contributed by atoms with Gasteiger partial charge in [-0.25, -0.2) is 4.79 Å². The average Bonchev–Trinajstić information content (AvgIpc) is 2.51. The summed E-state index contributed by atoms with van der Waals surface area (Å²) in [6, 6.07) is 9.11. The lowest BCUT2D eigenvalue weighted by Gasteiger charge is -2.14. The maximum Gasteiger partial charge on any atom is 0.335 e. The third-order valence-electron chi connectivity index (χ3n) is 2.79. The highest BCUT2D eigenvalue weighted by molar-refractivity contribution is 6.32. The standard InChI is InChI=1S/C15H13ClN2O4/c1-22-13-7-9(6-12(16)14(13)19)8-17-18-11-4-2-10(3-5-11)15(20)21/h2-8,18-19H,1H3,(H,20,21)/p-1/b17-8+. The van der Waals surface area contributed by atoms with Crippen LogP contribution < -0.4 is 15.3 Å². The number of ether oxygens (including phenoxy) is 1. The molecular weight excluding hydrogens is 308 g/mol. The van der Waals surface area contributed by atoms with Gasteiger partial charge in [0.25, 0.3) is 0 Å². The molecule has 0 unspecified atom stereocenters. The molecule has 0 aliphatic rings. The molecule has 6 nitrogen and oxygen atoms in total. The van der Waals surface area contributed by atoms with Crippen molar-refractivity contribution in [2.24, 2.45) is 5.10 Å². The van der Waals surface area contributed by atoms with Crippen LogP contribution in [0.4, 0.5) is 5.69 Å². The van der Waals surface area contributed by atoms with Gasteiger partial charge in [0.15, 0.2) is 0 Å². The third kappa shape index (κ3) is 3.67. The number of anilines is 1. The van der Waals surface area contributed by atoms with E-state index in [4.69, 9.17) is 21.4 Å². The topological polar surface area (TPSA) is 94.0 Å². The number of aromatic carboxylic acids is 1. The van der Waals surface area contributed by atoms with E-state index in [0.29, 0.717) is 11.3 Å². The second-order valence-electron chi connectivity index (χ2n) is 4.29. The van der Waals surface area contributed by atoms with Crippen molar-refractivity contribution in [1.29, 1.82) is 0 Å². The number of hydrogen-bond acceptors (Lipinski definition) is 5. The van der Waals surface area contributed by atoms with E-state index in [9.17, 15) is 9.90 Å². The zero-order chi connectivity index (χ0) is 16.1. The Labute approximate surface area is 131 Å². The monoisotopic (exact) mass is 319 g/mol. The van der Waals surface area contributed by atoms with Crippen molar-refractivity contribution in [2.75, 3.05) is 12.5 Å². The molecule has 7 heteroatoms. The van der Waals surface area contributed by atoms with E-state index < -0.39 is 5.97 Å². The number of carboxylic acids is 1. The minimum absolute atomic E-state index is 0.0478. The lowest BCUT2D eigenvalue weighted by molar-refractivity contribution is -0.269. The van der Waals surface area contributed by atoms with Gasteiger partial charge in [-0.05, 0) is 47.7 Å². The number of nitrogens with one attached hydrogen (secondary N) is 1. The summed E-state index contributed by atoms with van der Waals surface area (Å²) in [6.07, 6.45) is 1.47.